The second-order valence-corrected chi connectivity index (χ2v) is 8.33. The van der Waals surface area contributed by atoms with Gasteiger partial charge in [0.05, 0.1) is 10.9 Å². The Morgan fingerprint density at radius 1 is 0.786 bits per heavy atom. The van der Waals surface area contributed by atoms with Crippen LogP contribution < -0.4 is 5.11 Å². The normalized spacial score (nSPS) is 10.2. The minimum absolute atomic E-state index is 0.0302. The molecule has 0 aliphatic rings. The van der Waals surface area contributed by atoms with Crippen molar-refractivity contribution in [2.75, 3.05) is 0 Å². The lowest BCUT2D eigenvalue weighted by molar-refractivity contribution is -0.275. The quantitative estimate of drug-likeness (QED) is 0.431. The monoisotopic (exact) mass is 394 g/mol. The van der Waals surface area contributed by atoms with Crippen LogP contribution in [-0.2, 0) is 17.3 Å². The number of rotatable bonds is 7. The summed E-state index contributed by atoms with van der Waals surface area (Å²) in [5.41, 5.74) is 1.46. The Kier molecular flexibility index (Phi) is 9.16. The molecule has 0 amide bonds. The van der Waals surface area contributed by atoms with Gasteiger partial charge in [0.15, 0.2) is 14.7 Å². The van der Waals surface area contributed by atoms with Crippen LogP contribution in [0.3, 0.4) is 0 Å². The van der Waals surface area contributed by atoms with E-state index in [2.05, 4.69) is 91.9 Å². The van der Waals surface area contributed by atoms with E-state index < -0.39 is 6.16 Å². The fraction of sp³-hybridized carbons (Fsp3) is 0.208. The highest BCUT2D eigenvalue weighted by atomic mass is 32.2. The number of hydrogen-bond donors (Lipinski definition) is 1. The van der Waals surface area contributed by atoms with E-state index in [0.29, 0.717) is 0 Å². The average molecular weight is 395 g/mol. The van der Waals surface area contributed by atoms with Crippen LogP contribution in [0, 0.1) is 0 Å². The minimum Gasteiger partial charge on any atom is -0.565 e. The highest BCUT2D eigenvalue weighted by Crippen LogP contribution is 2.31. The van der Waals surface area contributed by atoms with Gasteiger partial charge in [0.2, 0.25) is 6.16 Å². The molecule has 0 fully saturated rings. The van der Waals surface area contributed by atoms with Crippen molar-refractivity contribution in [2.45, 2.75) is 47.3 Å². The maximum atomic E-state index is 8.44. The SMILES string of the molecule is CCCCCc1ccc([S+](c2ccccc2)c2ccccc2)cc1.O=C([O-])O. The molecule has 0 aliphatic heterocycles. The van der Waals surface area contributed by atoms with E-state index in [1.807, 2.05) is 0 Å². The molecule has 3 rings (SSSR count). The van der Waals surface area contributed by atoms with Crippen molar-refractivity contribution in [1.29, 1.82) is 0 Å². The first-order chi connectivity index (χ1) is 13.6. The summed E-state index contributed by atoms with van der Waals surface area (Å²) in [4.78, 5) is 12.6. The van der Waals surface area contributed by atoms with Crippen molar-refractivity contribution in [1.82, 2.24) is 0 Å². The third kappa shape index (κ3) is 7.12. The lowest BCUT2D eigenvalue weighted by atomic mass is 10.1. The number of aryl methyl sites for hydroxylation is 1. The van der Waals surface area contributed by atoms with Crippen LogP contribution in [0.2, 0.25) is 0 Å². The Labute approximate surface area is 170 Å². The minimum atomic E-state index is -2.08. The molecule has 0 unspecified atom stereocenters. The zero-order chi connectivity index (χ0) is 20.2. The Morgan fingerprint density at radius 3 is 1.64 bits per heavy atom. The fourth-order valence-electron chi connectivity index (χ4n) is 2.89. The van der Waals surface area contributed by atoms with Crippen LogP contribution in [0.25, 0.3) is 0 Å². The van der Waals surface area contributed by atoms with Gasteiger partial charge in [0.1, 0.15) is 0 Å². The van der Waals surface area contributed by atoms with Crippen LogP contribution in [0.1, 0.15) is 31.7 Å². The molecule has 0 heterocycles. The Morgan fingerprint density at radius 2 is 1.21 bits per heavy atom. The molecule has 0 spiro atoms. The Balaban J connectivity index is 0.000000640. The summed E-state index contributed by atoms with van der Waals surface area (Å²) in [6.45, 7) is 2.26. The topological polar surface area (TPSA) is 60.4 Å². The van der Waals surface area contributed by atoms with Gasteiger partial charge in [0, 0.05) is 0 Å². The van der Waals surface area contributed by atoms with Gasteiger partial charge in [-0.1, -0.05) is 68.3 Å². The molecule has 3 aromatic rings. The van der Waals surface area contributed by atoms with Crippen molar-refractivity contribution in [3.05, 3.63) is 90.5 Å². The summed E-state index contributed by atoms with van der Waals surface area (Å²) in [5, 5.41) is 15.3. The van der Waals surface area contributed by atoms with E-state index in [1.165, 1.54) is 45.9 Å². The summed E-state index contributed by atoms with van der Waals surface area (Å²) in [5.74, 6) is 0. The maximum absolute atomic E-state index is 8.44. The van der Waals surface area contributed by atoms with E-state index in [1.54, 1.807) is 0 Å². The lowest BCUT2D eigenvalue weighted by Crippen LogP contribution is -2.17. The number of unbranched alkanes of at least 4 members (excludes halogenated alkanes) is 2. The average Bonchev–Trinajstić information content (AvgIpc) is 2.71. The van der Waals surface area contributed by atoms with E-state index in [-0.39, 0.29) is 10.9 Å². The van der Waals surface area contributed by atoms with Crippen LogP contribution in [0.5, 0.6) is 0 Å². The van der Waals surface area contributed by atoms with Crippen LogP contribution in [-0.4, -0.2) is 11.3 Å². The molecule has 0 radical (unpaired) electrons. The fourth-order valence-corrected chi connectivity index (χ4v) is 4.98. The van der Waals surface area contributed by atoms with Gasteiger partial charge in [-0.05, 0) is 54.8 Å². The van der Waals surface area contributed by atoms with Gasteiger partial charge >= 0.3 is 0 Å². The first-order valence-corrected chi connectivity index (χ1v) is 10.7. The Bertz CT molecular complexity index is 774. The third-order valence-electron chi connectivity index (χ3n) is 4.19. The molecule has 0 aromatic heterocycles. The third-order valence-corrected chi connectivity index (χ3v) is 6.42. The highest BCUT2D eigenvalue weighted by molar-refractivity contribution is 7.97. The zero-order valence-corrected chi connectivity index (χ0v) is 16.9. The second-order valence-electron chi connectivity index (χ2n) is 6.30. The predicted molar refractivity (Wildman–Crippen MR) is 113 cm³/mol. The van der Waals surface area contributed by atoms with Crippen molar-refractivity contribution < 1.29 is 15.0 Å². The zero-order valence-electron chi connectivity index (χ0n) is 16.1. The van der Waals surface area contributed by atoms with Gasteiger partial charge in [0.25, 0.3) is 0 Å². The molecule has 146 valence electrons. The summed E-state index contributed by atoms with van der Waals surface area (Å²) in [7, 11) is -0.0302. The molecule has 4 heteroatoms. The van der Waals surface area contributed by atoms with E-state index >= 15 is 0 Å². The predicted octanol–water partition coefficient (Wildman–Crippen LogP) is 5.40. The molecule has 0 saturated carbocycles. The van der Waals surface area contributed by atoms with E-state index in [0.717, 1.165) is 0 Å². The molecule has 3 nitrogen and oxygen atoms in total. The first kappa shape index (κ1) is 21.6. The van der Waals surface area contributed by atoms with Gasteiger partial charge in [-0.25, -0.2) is 0 Å². The second kappa shape index (κ2) is 11.9. The number of hydrogen-bond acceptors (Lipinski definition) is 2. The smallest absolute Gasteiger partial charge is 0.249 e. The van der Waals surface area contributed by atoms with Gasteiger partial charge in [-0.15, -0.1) is 0 Å². The van der Waals surface area contributed by atoms with Gasteiger partial charge in [-0.3, -0.25) is 0 Å². The summed E-state index contributed by atoms with van der Waals surface area (Å²) in [6, 6.07) is 31.0. The molecule has 0 aliphatic carbocycles. The molecule has 0 saturated heterocycles. The Hall–Kier alpha value is -2.72. The van der Waals surface area contributed by atoms with Crippen molar-refractivity contribution in [3.63, 3.8) is 0 Å². The molecular formula is C24H26O3S. The summed E-state index contributed by atoms with van der Waals surface area (Å²) < 4.78 is 0. The van der Waals surface area contributed by atoms with Crippen LogP contribution in [0.4, 0.5) is 4.79 Å². The van der Waals surface area contributed by atoms with E-state index in [4.69, 9.17) is 15.0 Å². The molecule has 1 N–H and O–H groups in total. The number of carbonyl (C=O) groups is 1. The first-order valence-electron chi connectivity index (χ1n) is 9.45. The van der Waals surface area contributed by atoms with Crippen LogP contribution >= 0.6 is 0 Å². The number of benzene rings is 3. The molecule has 0 atom stereocenters. The van der Waals surface area contributed by atoms with Crippen molar-refractivity contribution in [2.24, 2.45) is 0 Å². The molecular weight excluding hydrogens is 368 g/mol. The standard InChI is InChI=1S/C23H25S.CH2O3/c1-2-3-6-11-20-16-18-23(19-17-20)24(21-12-7-4-8-13-21)22-14-9-5-10-15-22;2-1(3)4/h4-5,7-10,12-19H,2-3,6,11H2,1H3;(H2,2,3,4)/q+1;/p-1. The molecule has 0 bridgehead atoms. The van der Waals surface area contributed by atoms with E-state index in [9.17, 15) is 0 Å². The number of carboxylic acid groups (broad SMARTS) is 2. The largest absolute Gasteiger partial charge is 0.565 e. The van der Waals surface area contributed by atoms with Crippen LogP contribution in [0.15, 0.2) is 99.6 Å². The molecule has 28 heavy (non-hydrogen) atoms. The highest BCUT2D eigenvalue weighted by Gasteiger charge is 2.27. The maximum Gasteiger partial charge on any atom is 0.249 e. The summed E-state index contributed by atoms with van der Waals surface area (Å²) >= 11 is 0. The summed E-state index contributed by atoms with van der Waals surface area (Å²) in [6.07, 6.45) is 3.00. The van der Waals surface area contributed by atoms with Crippen molar-refractivity contribution in [3.8, 4) is 0 Å². The van der Waals surface area contributed by atoms with Gasteiger partial charge < -0.3 is 15.0 Å². The molecule has 3 aromatic carbocycles. The van der Waals surface area contributed by atoms with Gasteiger partial charge in [-0.2, -0.15) is 0 Å². The van der Waals surface area contributed by atoms with Crippen molar-refractivity contribution >= 4 is 17.1 Å². The lowest BCUT2D eigenvalue weighted by Gasteiger charge is -2.08.